The molecule has 13 heavy (non-hydrogen) atoms. The molecule has 2 rings (SSSR count). The van der Waals surface area contributed by atoms with Crippen LogP contribution in [0.25, 0.3) is 0 Å². The Kier molecular flexibility index (Phi) is 2.57. The van der Waals surface area contributed by atoms with Gasteiger partial charge in [-0.25, -0.2) is 0 Å². The maximum Gasteiger partial charge on any atom is 0.0599 e. The maximum absolute atomic E-state index is 9.51. The van der Waals surface area contributed by atoms with E-state index in [4.69, 9.17) is 6.42 Å². The molecule has 0 spiro atoms. The van der Waals surface area contributed by atoms with Crippen LogP contribution in [0.5, 0.6) is 0 Å². The van der Waals surface area contributed by atoms with Crippen molar-refractivity contribution < 1.29 is 5.11 Å². The summed E-state index contributed by atoms with van der Waals surface area (Å²) in [7, 11) is 0. The maximum atomic E-state index is 9.51. The Morgan fingerprint density at radius 1 is 1.31 bits per heavy atom. The molecule has 1 heterocycles. The molecule has 1 aliphatic heterocycles. The molecule has 0 amide bonds. The SMILES string of the molecule is C#CCN1CC2CCC(O)CC2C1. The number of nitrogens with zero attached hydrogens (tertiary/aromatic N) is 1. The van der Waals surface area contributed by atoms with E-state index in [2.05, 4.69) is 10.8 Å². The van der Waals surface area contributed by atoms with Crippen molar-refractivity contribution in [3.63, 3.8) is 0 Å². The first-order chi connectivity index (χ1) is 6.29. The van der Waals surface area contributed by atoms with Gasteiger partial charge in [-0.05, 0) is 31.1 Å². The Hall–Kier alpha value is -0.520. The summed E-state index contributed by atoms with van der Waals surface area (Å²) >= 11 is 0. The van der Waals surface area contributed by atoms with Crippen LogP contribution in [0.15, 0.2) is 0 Å². The summed E-state index contributed by atoms with van der Waals surface area (Å²) in [5.74, 6) is 4.20. The third-order valence-electron chi connectivity index (χ3n) is 3.41. The lowest BCUT2D eigenvalue weighted by Gasteiger charge is -2.27. The second kappa shape index (κ2) is 3.69. The lowest BCUT2D eigenvalue weighted by molar-refractivity contribution is 0.0866. The molecule has 0 aromatic rings. The Morgan fingerprint density at radius 3 is 2.85 bits per heavy atom. The predicted octanol–water partition coefficient (Wildman–Crippen LogP) is 0.712. The van der Waals surface area contributed by atoms with Gasteiger partial charge in [0.05, 0.1) is 12.6 Å². The van der Waals surface area contributed by atoms with Crippen LogP contribution in [-0.4, -0.2) is 35.7 Å². The van der Waals surface area contributed by atoms with E-state index < -0.39 is 0 Å². The van der Waals surface area contributed by atoms with Gasteiger partial charge in [0.2, 0.25) is 0 Å². The Bertz CT molecular complexity index is 221. The summed E-state index contributed by atoms with van der Waals surface area (Å²) in [6.07, 6.45) is 8.41. The average Bonchev–Trinajstić information content (AvgIpc) is 2.46. The molecule has 3 atom stereocenters. The summed E-state index contributed by atoms with van der Waals surface area (Å²) in [4.78, 5) is 2.34. The van der Waals surface area contributed by atoms with Crippen LogP contribution in [0.3, 0.4) is 0 Å². The van der Waals surface area contributed by atoms with E-state index in [1.165, 1.54) is 6.42 Å². The third kappa shape index (κ3) is 1.87. The Balaban J connectivity index is 1.91. The number of aliphatic hydroxyl groups is 1. The first-order valence-electron chi connectivity index (χ1n) is 5.13. The van der Waals surface area contributed by atoms with Gasteiger partial charge in [-0.3, -0.25) is 4.90 Å². The van der Waals surface area contributed by atoms with Crippen molar-refractivity contribution in [2.45, 2.75) is 25.4 Å². The van der Waals surface area contributed by atoms with Crippen molar-refractivity contribution in [3.8, 4) is 12.3 Å². The molecule has 0 bridgehead atoms. The first kappa shape index (κ1) is 9.05. The van der Waals surface area contributed by atoms with E-state index >= 15 is 0 Å². The minimum absolute atomic E-state index is 0.0490. The molecular weight excluding hydrogens is 162 g/mol. The summed E-state index contributed by atoms with van der Waals surface area (Å²) in [5.41, 5.74) is 0. The number of likely N-dealkylation sites (tertiary alicyclic amines) is 1. The van der Waals surface area contributed by atoms with Crippen LogP contribution in [0, 0.1) is 24.2 Å². The van der Waals surface area contributed by atoms with Crippen LogP contribution in [0.4, 0.5) is 0 Å². The van der Waals surface area contributed by atoms with Crippen LogP contribution in [-0.2, 0) is 0 Å². The van der Waals surface area contributed by atoms with E-state index in [1.807, 2.05) is 0 Å². The van der Waals surface area contributed by atoms with Crippen LogP contribution in [0.2, 0.25) is 0 Å². The second-order valence-corrected chi connectivity index (χ2v) is 4.39. The van der Waals surface area contributed by atoms with Gasteiger partial charge >= 0.3 is 0 Å². The molecule has 0 aromatic heterocycles. The number of fused-ring (bicyclic) bond motifs is 1. The zero-order chi connectivity index (χ0) is 9.26. The number of aliphatic hydroxyl groups excluding tert-OH is 1. The van der Waals surface area contributed by atoms with E-state index in [1.54, 1.807) is 0 Å². The fraction of sp³-hybridized carbons (Fsp3) is 0.818. The normalized spacial score (nSPS) is 39.8. The van der Waals surface area contributed by atoms with Crippen LogP contribution >= 0.6 is 0 Å². The summed E-state index contributed by atoms with van der Waals surface area (Å²) in [6, 6.07) is 0. The fourth-order valence-corrected chi connectivity index (χ4v) is 2.76. The molecule has 72 valence electrons. The lowest BCUT2D eigenvalue weighted by Crippen LogP contribution is -2.26. The average molecular weight is 179 g/mol. The van der Waals surface area contributed by atoms with Crippen LogP contribution < -0.4 is 0 Å². The molecule has 1 saturated carbocycles. The minimum Gasteiger partial charge on any atom is -0.393 e. The molecule has 0 radical (unpaired) electrons. The van der Waals surface area contributed by atoms with Gasteiger partial charge in [-0.1, -0.05) is 5.92 Å². The van der Waals surface area contributed by atoms with E-state index in [0.29, 0.717) is 5.92 Å². The fourth-order valence-electron chi connectivity index (χ4n) is 2.76. The molecule has 0 aromatic carbocycles. The molecule has 2 nitrogen and oxygen atoms in total. The van der Waals surface area contributed by atoms with Crippen molar-refractivity contribution in [1.29, 1.82) is 0 Å². The van der Waals surface area contributed by atoms with Gasteiger partial charge in [0.25, 0.3) is 0 Å². The standard InChI is InChI=1S/C11H17NO/c1-2-5-12-7-9-3-4-11(13)6-10(9)8-12/h1,9-11,13H,3-8H2. The summed E-state index contributed by atoms with van der Waals surface area (Å²) < 4.78 is 0. The highest BCUT2D eigenvalue weighted by molar-refractivity contribution is 4.95. The van der Waals surface area contributed by atoms with Crippen molar-refractivity contribution >= 4 is 0 Å². The molecule has 1 N–H and O–H groups in total. The van der Waals surface area contributed by atoms with Crippen molar-refractivity contribution in [1.82, 2.24) is 4.90 Å². The third-order valence-corrected chi connectivity index (χ3v) is 3.41. The van der Waals surface area contributed by atoms with Crippen molar-refractivity contribution in [3.05, 3.63) is 0 Å². The number of hydrogen-bond donors (Lipinski definition) is 1. The zero-order valence-electron chi connectivity index (χ0n) is 7.95. The van der Waals surface area contributed by atoms with Gasteiger partial charge in [-0.2, -0.15) is 0 Å². The molecule has 2 fully saturated rings. The molecule has 1 aliphatic carbocycles. The smallest absolute Gasteiger partial charge is 0.0599 e. The number of terminal acetylenes is 1. The summed E-state index contributed by atoms with van der Waals surface area (Å²) in [6.45, 7) is 3.04. The monoisotopic (exact) mass is 179 g/mol. The largest absolute Gasteiger partial charge is 0.393 e. The van der Waals surface area contributed by atoms with Gasteiger partial charge in [-0.15, -0.1) is 6.42 Å². The molecule has 2 heteroatoms. The molecular formula is C11H17NO. The summed E-state index contributed by atoms with van der Waals surface area (Å²) in [5, 5.41) is 9.51. The highest BCUT2D eigenvalue weighted by Crippen LogP contribution is 2.35. The quantitative estimate of drug-likeness (QED) is 0.599. The highest BCUT2D eigenvalue weighted by atomic mass is 16.3. The minimum atomic E-state index is -0.0490. The van der Waals surface area contributed by atoms with Crippen molar-refractivity contribution in [2.24, 2.45) is 11.8 Å². The zero-order valence-corrected chi connectivity index (χ0v) is 7.95. The number of rotatable bonds is 1. The van der Waals surface area contributed by atoms with E-state index in [9.17, 15) is 5.11 Å². The second-order valence-electron chi connectivity index (χ2n) is 4.39. The van der Waals surface area contributed by atoms with Crippen LogP contribution in [0.1, 0.15) is 19.3 Å². The topological polar surface area (TPSA) is 23.5 Å². The molecule has 1 saturated heterocycles. The Morgan fingerprint density at radius 2 is 2.08 bits per heavy atom. The van der Waals surface area contributed by atoms with Gasteiger partial charge < -0.3 is 5.11 Å². The van der Waals surface area contributed by atoms with Gasteiger partial charge in [0.15, 0.2) is 0 Å². The number of hydrogen-bond acceptors (Lipinski definition) is 2. The highest BCUT2D eigenvalue weighted by Gasteiger charge is 2.36. The first-order valence-corrected chi connectivity index (χ1v) is 5.13. The predicted molar refractivity (Wildman–Crippen MR) is 52.1 cm³/mol. The van der Waals surface area contributed by atoms with E-state index in [0.717, 1.165) is 38.4 Å². The molecule has 3 unspecified atom stereocenters. The molecule has 2 aliphatic rings. The van der Waals surface area contributed by atoms with Gasteiger partial charge in [0, 0.05) is 13.1 Å². The van der Waals surface area contributed by atoms with E-state index in [-0.39, 0.29) is 6.10 Å². The van der Waals surface area contributed by atoms with Gasteiger partial charge in [0.1, 0.15) is 0 Å². The van der Waals surface area contributed by atoms with Crippen molar-refractivity contribution in [2.75, 3.05) is 19.6 Å². The Labute approximate surface area is 79.9 Å². The lowest BCUT2D eigenvalue weighted by atomic mass is 9.80.